The van der Waals surface area contributed by atoms with Crippen molar-refractivity contribution in [3.05, 3.63) is 43.2 Å². The van der Waals surface area contributed by atoms with Gasteiger partial charge in [-0.15, -0.1) is 0 Å². The largest absolute Gasteiger partial charge is 0.325 e. The molecule has 0 saturated carbocycles. The van der Waals surface area contributed by atoms with Crippen molar-refractivity contribution in [1.82, 2.24) is 14.3 Å². The molecule has 0 N–H and O–H groups in total. The van der Waals surface area contributed by atoms with Crippen molar-refractivity contribution in [1.29, 1.82) is 0 Å². The van der Waals surface area contributed by atoms with E-state index in [-0.39, 0.29) is 24.4 Å². The monoisotopic (exact) mass is 284 g/mol. The molecule has 0 aromatic carbocycles. The second kappa shape index (κ2) is 5.05. The van der Waals surface area contributed by atoms with E-state index in [0.717, 1.165) is 5.65 Å². The molecule has 2 aromatic rings. The quantitative estimate of drug-likeness (QED) is 0.776. The zero-order valence-electron chi connectivity index (χ0n) is 11.8. The second-order valence-corrected chi connectivity index (χ2v) is 5.09. The first-order valence-electron chi connectivity index (χ1n) is 6.77. The summed E-state index contributed by atoms with van der Waals surface area (Å²) < 4.78 is 1.87. The minimum atomic E-state index is -0.217. The third-order valence-corrected chi connectivity index (χ3v) is 3.67. The molecule has 0 bridgehead atoms. The van der Waals surface area contributed by atoms with Gasteiger partial charge in [-0.25, -0.2) is 4.98 Å². The molecule has 3 heterocycles. The van der Waals surface area contributed by atoms with Gasteiger partial charge in [-0.1, -0.05) is 12.6 Å². The van der Waals surface area contributed by atoms with Gasteiger partial charge < -0.3 is 9.30 Å². The van der Waals surface area contributed by atoms with Gasteiger partial charge in [0.05, 0.1) is 6.20 Å². The average Bonchev–Trinajstić information content (AvgIpc) is 2.92. The van der Waals surface area contributed by atoms with E-state index < -0.39 is 0 Å². The van der Waals surface area contributed by atoms with Crippen LogP contribution in [0.3, 0.4) is 0 Å². The summed E-state index contributed by atoms with van der Waals surface area (Å²) in [6.07, 6.45) is 4.95. The molecular formula is C15H16N4O2. The number of aromatic nitrogens is 2. The summed E-state index contributed by atoms with van der Waals surface area (Å²) in [7, 11) is 0. The predicted octanol–water partition coefficient (Wildman–Crippen LogP) is 1.08. The van der Waals surface area contributed by atoms with Crippen molar-refractivity contribution in [2.75, 3.05) is 18.0 Å². The van der Waals surface area contributed by atoms with Crippen LogP contribution in [0.2, 0.25) is 0 Å². The van der Waals surface area contributed by atoms with Crippen LogP contribution in [0.5, 0.6) is 0 Å². The van der Waals surface area contributed by atoms with Crippen LogP contribution in [0.15, 0.2) is 43.2 Å². The number of nitrogens with zero attached hydrogens (tertiary/aromatic N) is 4. The Kier molecular flexibility index (Phi) is 3.21. The van der Waals surface area contributed by atoms with E-state index in [1.165, 1.54) is 11.0 Å². The average molecular weight is 284 g/mol. The fraction of sp³-hybridized carbons (Fsp3) is 0.267. The van der Waals surface area contributed by atoms with Gasteiger partial charge in [0.1, 0.15) is 12.2 Å². The summed E-state index contributed by atoms with van der Waals surface area (Å²) in [5.74, 6) is 0.265. The molecule has 1 aliphatic heterocycles. The lowest BCUT2D eigenvalue weighted by Gasteiger charge is -2.37. The van der Waals surface area contributed by atoms with Crippen molar-refractivity contribution in [3.63, 3.8) is 0 Å². The molecule has 1 fully saturated rings. The Balaban J connectivity index is 1.88. The number of imidazole rings is 1. The predicted molar refractivity (Wildman–Crippen MR) is 78.9 cm³/mol. The summed E-state index contributed by atoms with van der Waals surface area (Å²) >= 11 is 0. The van der Waals surface area contributed by atoms with Crippen molar-refractivity contribution < 1.29 is 9.59 Å². The van der Waals surface area contributed by atoms with E-state index >= 15 is 0 Å². The molecule has 0 radical (unpaired) electrons. The SMILES string of the molecule is C=CC(=O)N1CC(=O)N(c2cn3ccccc3n2)CC1C. The first-order valence-corrected chi connectivity index (χ1v) is 6.77. The number of hydrogen-bond donors (Lipinski definition) is 0. The van der Waals surface area contributed by atoms with Gasteiger partial charge >= 0.3 is 0 Å². The first kappa shape index (κ1) is 13.4. The van der Waals surface area contributed by atoms with Crippen LogP contribution in [0, 0.1) is 0 Å². The van der Waals surface area contributed by atoms with Crippen LogP contribution in [0.1, 0.15) is 6.92 Å². The van der Waals surface area contributed by atoms with E-state index in [9.17, 15) is 9.59 Å². The Labute approximate surface area is 122 Å². The summed E-state index contributed by atoms with van der Waals surface area (Å²) in [6.45, 7) is 5.87. The highest BCUT2D eigenvalue weighted by molar-refractivity contribution is 5.99. The number of pyridine rings is 1. The van der Waals surface area contributed by atoms with Crippen molar-refractivity contribution in [2.24, 2.45) is 0 Å². The number of carbonyl (C=O) groups excluding carboxylic acids is 2. The maximum absolute atomic E-state index is 12.3. The molecule has 3 rings (SSSR count). The third kappa shape index (κ3) is 2.29. The van der Waals surface area contributed by atoms with Crippen LogP contribution < -0.4 is 4.90 Å². The second-order valence-electron chi connectivity index (χ2n) is 5.09. The Bertz CT molecular complexity index is 688. The van der Waals surface area contributed by atoms with Gasteiger partial charge in [0.2, 0.25) is 11.8 Å². The lowest BCUT2D eigenvalue weighted by atomic mass is 10.2. The maximum atomic E-state index is 12.3. The van der Waals surface area contributed by atoms with Gasteiger partial charge in [-0.2, -0.15) is 0 Å². The standard InChI is InChI=1S/C15H16N4O2/c1-3-14(20)18-10-15(21)19(8-11(18)2)13-9-17-7-5-4-6-12(17)16-13/h3-7,9,11H,1,8,10H2,2H3. The Morgan fingerprint density at radius 3 is 3.00 bits per heavy atom. The summed E-state index contributed by atoms with van der Waals surface area (Å²) in [4.78, 5) is 31.6. The lowest BCUT2D eigenvalue weighted by molar-refractivity contribution is -0.135. The van der Waals surface area contributed by atoms with Crippen molar-refractivity contribution in [2.45, 2.75) is 13.0 Å². The molecular weight excluding hydrogens is 268 g/mol. The number of fused-ring (bicyclic) bond motifs is 1. The number of hydrogen-bond acceptors (Lipinski definition) is 3. The molecule has 1 unspecified atom stereocenters. The molecule has 0 aliphatic carbocycles. The molecule has 0 spiro atoms. The van der Waals surface area contributed by atoms with E-state index in [4.69, 9.17) is 0 Å². The molecule has 1 aliphatic rings. The highest BCUT2D eigenvalue weighted by Gasteiger charge is 2.33. The molecule has 108 valence electrons. The van der Waals surface area contributed by atoms with Crippen molar-refractivity contribution >= 4 is 23.3 Å². The summed E-state index contributed by atoms with van der Waals surface area (Å²) in [5, 5.41) is 0. The molecule has 1 atom stereocenters. The Morgan fingerprint density at radius 1 is 1.48 bits per heavy atom. The lowest BCUT2D eigenvalue weighted by Crippen LogP contribution is -2.56. The van der Waals surface area contributed by atoms with Crippen LogP contribution >= 0.6 is 0 Å². The molecule has 2 amide bonds. The van der Waals surface area contributed by atoms with Gasteiger partial charge in [-0.3, -0.25) is 14.5 Å². The minimum Gasteiger partial charge on any atom is -0.325 e. The zero-order chi connectivity index (χ0) is 15.0. The van der Waals surface area contributed by atoms with Crippen LogP contribution in [0.4, 0.5) is 5.82 Å². The molecule has 21 heavy (non-hydrogen) atoms. The number of rotatable bonds is 2. The Hall–Kier alpha value is -2.63. The first-order chi connectivity index (χ1) is 10.1. The highest BCUT2D eigenvalue weighted by atomic mass is 16.2. The van der Waals surface area contributed by atoms with Crippen LogP contribution in [-0.4, -0.2) is 45.2 Å². The van der Waals surface area contributed by atoms with Crippen LogP contribution in [0.25, 0.3) is 5.65 Å². The van der Waals surface area contributed by atoms with Crippen LogP contribution in [-0.2, 0) is 9.59 Å². The molecule has 6 nitrogen and oxygen atoms in total. The number of anilines is 1. The number of piperazine rings is 1. The van der Waals surface area contributed by atoms with Crippen molar-refractivity contribution in [3.8, 4) is 0 Å². The number of carbonyl (C=O) groups is 2. The maximum Gasteiger partial charge on any atom is 0.247 e. The van der Waals surface area contributed by atoms with E-state index in [1.807, 2.05) is 41.9 Å². The summed E-state index contributed by atoms with van der Waals surface area (Å²) in [6, 6.07) is 5.62. The van der Waals surface area contributed by atoms with E-state index in [2.05, 4.69) is 11.6 Å². The molecule has 6 heteroatoms. The summed E-state index contributed by atoms with van der Waals surface area (Å²) in [5.41, 5.74) is 0.789. The smallest absolute Gasteiger partial charge is 0.247 e. The number of amides is 2. The van der Waals surface area contributed by atoms with Gasteiger partial charge in [-0.05, 0) is 25.1 Å². The van der Waals surface area contributed by atoms with Gasteiger partial charge in [0.15, 0.2) is 5.82 Å². The van der Waals surface area contributed by atoms with E-state index in [1.54, 1.807) is 4.90 Å². The van der Waals surface area contributed by atoms with Gasteiger partial charge in [0, 0.05) is 18.8 Å². The normalized spacial score (nSPS) is 19.1. The topological polar surface area (TPSA) is 57.9 Å². The molecule has 2 aromatic heterocycles. The van der Waals surface area contributed by atoms with E-state index in [0.29, 0.717) is 12.4 Å². The minimum absolute atomic E-state index is 0.0554. The zero-order valence-corrected chi connectivity index (χ0v) is 11.8. The highest BCUT2D eigenvalue weighted by Crippen LogP contribution is 2.20. The third-order valence-electron chi connectivity index (χ3n) is 3.67. The fourth-order valence-electron chi connectivity index (χ4n) is 2.54. The fourth-order valence-corrected chi connectivity index (χ4v) is 2.54. The Morgan fingerprint density at radius 2 is 2.29 bits per heavy atom. The molecule has 1 saturated heterocycles. The van der Waals surface area contributed by atoms with Gasteiger partial charge in [0.25, 0.3) is 0 Å².